The number of carboxylic acid groups (broad SMARTS) is 1. The number of hydrogen-bond acceptors (Lipinski definition) is 5. The van der Waals surface area contributed by atoms with E-state index in [0.717, 1.165) is 51.1 Å². The highest BCUT2D eigenvalue weighted by Crippen LogP contribution is 2.36. The largest absolute Gasteiger partial charge is 0.481 e. The molecule has 2 bridgehead atoms. The van der Waals surface area contributed by atoms with Crippen LogP contribution in [-0.4, -0.2) is 77.8 Å². The molecular formula is C23H33N3O5. The maximum atomic E-state index is 12.3. The lowest BCUT2D eigenvalue weighted by Crippen LogP contribution is -2.49. The van der Waals surface area contributed by atoms with Crippen molar-refractivity contribution in [1.29, 1.82) is 0 Å². The van der Waals surface area contributed by atoms with Gasteiger partial charge in [-0.05, 0) is 49.6 Å². The van der Waals surface area contributed by atoms with Gasteiger partial charge >= 0.3 is 5.97 Å². The Morgan fingerprint density at radius 1 is 1.16 bits per heavy atom. The highest BCUT2D eigenvalue weighted by Gasteiger charge is 2.36. The van der Waals surface area contributed by atoms with E-state index in [1.54, 1.807) is 6.07 Å². The van der Waals surface area contributed by atoms with Crippen LogP contribution in [0.2, 0.25) is 0 Å². The Balaban J connectivity index is 1.40. The summed E-state index contributed by atoms with van der Waals surface area (Å²) in [5, 5.41) is 9.35. The number of hydrogen-bond donors (Lipinski definition) is 1. The van der Waals surface area contributed by atoms with Gasteiger partial charge in [0.2, 0.25) is 5.91 Å². The van der Waals surface area contributed by atoms with Gasteiger partial charge in [-0.2, -0.15) is 0 Å². The van der Waals surface area contributed by atoms with Crippen molar-refractivity contribution >= 4 is 11.9 Å². The minimum atomic E-state index is -0.763. The normalized spacial score (nSPS) is 28.2. The van der Waals surface area contributed by atoms with Gasteiger partial charge in [-0.3, -0.25) is 14.4 Å². The fourth-order valence-electron chi connectivity index (χ4n) is 5.87. The van der Waals surface area contributed by atoms with Crippen LogP contribution >= 0.6 is 0 Å². The second-order valence-electron chi connectivity index (χ2n) is 9.43. The van der Waals surface area contributed by atoms with E-state index in [4.69, 9.17) is 4.74 Å². The third kappa shape index (κ3) is 5.01. The Hall–Kier alpha value is -2.19. The number of carbonyl (C=O) groups excluding carboxylic acids is 1. The topological polar surface area (TPSA) is 92.1 Å². The van der Waals surface area contributed by atoms with Gasteiger partial charge in [-0.15, -0.1) is 0 Å². The molecule has 1 aromatic heterocycles. The summed E-state index contributed by atoms with van der Waals surface area (Å²) in [7, 11) is 1.52. The number of likely N-dealkylation sites (tertiary alicyclic amines) is 2. The van der Waals surface area contributed by atoms with E-state index in [2.05, 4.69) is 11.0 Å². The first-order valence-corrected chi connectivity index (χ1v) is 11.3. The summed E-state index contributed by atoms with van der Waals surface area (Å²) >= 11 is 0. The van der Waals surface area contributed by atoms with Crippen LogP contribution in [0.25, 0.3) is 0 Å². The Labute approximate surface area is 182 Å². The van der Waals surface area contributed by atoms with Crippen LogP contribution in [0.3, 0.4) is 0 Å². The first-order valence-electron chi connectivity index (χ1n) is 11.3. The SMILES string of the molecule is COCC(=O)N1CC[C@@H](CC(=O)O)[C@@H](CCN2C[C@H]3C[C@H](C2)c2cccc(=O)n2C3)C1. The number of aromatic nitrogens is 1. The fraction of sp³-hybridized carbons (Fsp3) is 0.696. The molecule has 31 heavy (non-hydrogen) atoms. The number of pyridine rings is 1. The van der Waals surface area contributed by atoms with Crippen LogP contribution in [-0.2, 0) is 20.9 Å². The summed E-state index contributed by atoms with van der Waals surface area (Å²) < 4.78 is 6.94. The van der Waals surface area contributed by atoms with E-state index in [-0.39, 0.29) is 36.3 Å². The van der Waals surface area contributed by atoms with E-state index in [1.807, 2.05) is 15.5 Å². The third-order valence-electron chi connectivity index (χ3n) is 7.32. The quantitative estimate of drug-likeness (QED) is 0.699. The van der Waals surface area contributed by atoms with Crippen LogP contribution in [0, 0.1) is 17.8 Å². The number of amides is 1. The summed E-state index contributed by atoms with van der Waals surface area (Å²) in [5.74, 6) is 0.363. The van der Waals surface area contributed by atoms with Gasteiger partial charge in [-0.25, -0.2) is 0 Å². The smallest absolute Gasteiger partial charge is 0.303 e. The van der Waals surface area contributed by atoms with Crippen molar-refractivity contribution in [2.45, 2.75) is 38.1 Å². The number of rotatable bonds is 7. The monoisotopic (exact) mass is 431 g/mol. The van der Waals surface area contributed by atoms with Crippen molar-refractivity contribution in [2.75, 3.05) is 46.4 Å². The first kappa shape index (κ1) is 22.0. The van der Waals surface area contributed by atoms with Crippen molar-refractivity contribution in [3.8, 4) is 0 Å². The minimum absolute atomic E-state index is 0.0178. The lowest BCUT2D eigenvalue weighted by atomic mass is 9.80. The van der Waals surface area contributed by atoms with Gasteiger partial charge in [0, 0.05) is 63.9 Å². The summed E-state index contributed by atoms with van der Waals surface area (Å²) in [6.45, 7) is 4.88. The molecule has 3 aliphatic heterocycles. The zero-order valence-electron chi connectivity index (χ0n) is 18.2. The van der Waals surface area contributed by atoms with E-state index < -0.39 is 5.97 Å². The Bertz CT molecular complexity index is 869. The van der Waals surface area contributed by atoms with Gasteiger partial charge in [0.05, 0.1) is 0 Å². The zero-order valence-corrected chi connectivity index (χ0v) is 18.2. The number of methoxy groups -OCH3 is 1. The van der Waals surface area contributed by atoms with E-state index in [1.165, 1.54) is 7.11 Å². The molecule has 0 aliphatic carbocycles. The molecule has 4 atom stereocenters. The highest BCUT2D eigenvalue weighted by molar-refractivity contribution is 5.77. The van der Waals surface area contributed by atoms with Gasteiger partial charge in [0.25, 0.3) is 5.56 Å². The third-order valence-corrected chi connectivity index (χ3v) is 7.32. The molecule has 4 rings (SSSR count). The standard InChI is InChI=1S/C23H33N3O5/c1-31-15-22(28)25-8-6-17(10-23(29)30)18(14-25)5-7-24-11-16-9-19(13-24)20-3-2-4-21(27)26(20)12-16/h2-4,16-19H,5-15H2,1H3,(H,29,30)/t16-,17+,18+,19-/m1/s1. The van der Waals surface area contributed by atoms with E-state index in [9.17, 15) is 19.5 Å². The van der Waals surface area contributed by atoms with Crippen molar-refractivity contribution in [3.05, 3.63) is 34.2 Å². The number of aliphatic carboxylic acids is 1. The summed E-state index contributed by atoms with van der Waals surface area (Å²) in [6, 6.07) is 5.58. The lowest BCUT2D eigenvalue weighted by Gasteiger charge is -2.44. The number of carbonyl (C=O) groups is 2. The number of nitrogens with zero attached hydrogens (tertiary/aromatic N) is 3. The molecule has 0 radical (unpaired) electrons. The first-order chi connectivity index (χ1) is 14.9. The Morgan fingerprint density at radius 2 is 2.00 bits per heavy atom. The van der Waals surface area contributed by atoms with Crippen molar-refractivity contribution in [1.82, 2.24) is 14.4 Å². The van der Waals surface area contributed by atoms with Crippen LogP contribution in [0.1, 0.15) is 37.3 Å². The summed E-state index contributed by atoms with van der Waals surface area (Å²) in [5.41, 5.74) is 1.24. The maximum Gasteiger partial charge on any atom is 0.303 e. The molecule has 8 heteroatoms. The van der Waals surface area contributed by atoms with Gasteiger partial charge in [-0.1, -0.05) is 6.07 Å². The Morgan fingerprint density at radius 3 is 2.77 bits per heavy atom. The average molecular weight is 432 g/mol. The van der Waals surface area contributed by atoms with Gasteiger partial charge in [0.1, 0.15) is 6.61 Å². The average Bonchev–Trinajstić information content (AvgIpc) is 2.73. The van der Waals surface area contributed by atoms with Crippen molar-refractivity contribution in [3.63, 3.8) is 0 Å². The number of fused-ring (bicyclic) bond motifs is 4. The molecule has 2 saturated heterocycles. The van der Waals surface area contributed by atoms with Crippen LogP contribution in [0.5, 0.6) is 0 Å². The van der Waals surface area contributed by atoms with Crippen LogP contribution in [0.15, 0.2) is 23.0 Å². The molecule has 0 aromatic carbocycles. The molecule has 0 unspecified atom stereocenters. The molecule has 1 aromatic rings. The number of piperidine rings is 2. The van der Waals surface area contributed by atoms with Crippen molar-refractivity contribution in [2.24, 2.45) is 17.8 Å². The molecule has 2 fully saturated rings. The van der Waals surface area contributed by atoms with Crippen LogP contribution in [0.4, 0.5) is 0 Å². The molecule has 1 N–H and O–H groups in total. The molecule has 3 aliphatic rings. The predicted octanol–water partition coefficient (Wildman–Crippen LogP) is 1.24. The lowest BCUT2D eigenvalue weighted by molar-refractivity contribution is -0.141. The second kappa shape index (κ2) is 9.53. The molecule has 1 amide bonds. The highest BCUT2D eigenvalue weighted by atomic mass is 16.5. The van der Waals surface area contributed by atoms with Crippen molar-refractivity contribution < 1.29 is 19.4 Å². The molecule has 8 nitrogen and oxygen atoms in total. The predicted molar refractivity (Wildman–Crippen MR) is 115 cm³/mol. The number of ether oxygens (including phenoxy) is 1. The van der Waals surface area contributed by atoms with Gasteiger partial charge in [0.15, 0.2) is 0 Å². The molecule has 170 valence electrons. The Kier molecular flexibility index (Phi) is 6.77. The number of carboxylic acids is 1. The van der Waals surface area contributed by atoms with Gasteiger partial charge < -0.3 is 24.2 Å². The molecule has 4 heterocycles. The zero-order chi connectivity index (χ0) is 22.0. The summed E-state index contributed by atoms with van der Waals surface area (Å²) in [6.07, 6.45) is 2.91. The molecule has 0 spiro atoms. The van der Waals surface area contributed by atoms with E-state index in [0.29, 0.717) is 24.9 Å². The molecule has 0 saturated carbocycles. The van der Waals surface area contributed by atoms with E-state index >= 15 is 0 Å². The molecular weight excluding hydrogens is 398 g/mol. The minimum Gasteiger partial charge on any atom is -0.481 e. The maximum absolute atomic E-state index is 12.3. The fourth-order valence-corrected chi connectivity index (χ4v) is 5.87. The second-order valence-corrected chi connectivity index (χ2v) is 9.43. The van der Waals surface area contributed by atoms with Crippen LogP contribution < -0.4 is 5.56 Å². The summed E-state index contributed by atoms with van der Waals surface area (Å²) in [4.78, 5) is 40.2.